The van der Waals surface area contributed by atoms with Crippen LogP contribution in [0.15, 0.2) is 35.5 Å². The van der Waals surface area contributed by atoms with Crippen LogP contribution in [0.25, 0.3) is 0 Å². The summed E-state index contributed by atoms with van der Waals surface area (Å²) in [5.74, 6) is -0.399. The summed E-state index contributed by atoms with van der Waals surface area (Å²) < 4.78 is 51.0. The van der Waals surface area contributed by atoms with Crippen molar-refractivity contribution in [3.63, 3.8) is 0 Å². The van der Waals surface area contributed by atoms with Crippen LogP contribution in [0, 0.1) is 6.92 Å². The molecule has 10 heteroatoms. The lowest BCUT2D eigenvalue weighted by molar-refractivity contribution is -0.184. The van der Waals surface area contributed by atoms with Gasteiger partial charge in [0.25, 0.3) is 0 Å². The smallest absolute Gasteiger partial charge is 0.352 e. The van der Waals surface area contributed by atoms with E-state index in [1.807, 2.05) is 0 Å². The summed E-state index contributed by atoms with van der Waals surface area (Å²) in [5.41, 5.74) is 1.19. The second-order valence-corrected chi connectivity index (χ2v) is 7.38. The Morgan fingerprint density at radius 3 is 2.53 bits per heavy atom. The molecule has 1 aromatic heterocycles. The molecular weight excluding hydrogens is 421 g/mol. The van der Waals surface area contributed by atoms with Crippen molar-refractivity contribution in [1.82, 2.24) is 4.98 Å². The van der Waals surface area contributed by atoms with Crippen LogP contribution >= 0.6 is 11.6 Å². The molecule has 1 aliphatic rings. The molecule has 1 aliphatic heterocycles. The number of ether oxygens (including phenoxy) is 2. The molecule has 0 unspecified atom stereocenters. The number of methoxy groups -OCH3 is 2. The third-order valence-electron chi connectivity index (χ3n) is 4.96. The van der Waals surface area contributed by atoms with Gasteiger partial charge < -0.3 is 19.7 Å². The predicted octanol–water partition coefficient (Wildman–Crippen LogP) is 5.03. The van der Waals surface area contributed by atoms with E-state index in [2.05, 4.69) is 15.3 Å². The van der Waals surface area contributed by atoms with Gasteiger partial charge in [0.2, 0.25) is 0 Å². The Bertz CT molecular complexity index is 962. The minimum absolute atomic E-state index is 0.186. The van der Waals surface area contributed by atoms with E-state index in [1.165, 1.54) is 20.3 Å². The highest BCUT2D eigenvalue weighted by Gasteiger charge is 2.36. The summed E-state index contributed by atoms with van der Waals surface area (Å²) in [6.45, 7) is 3.93. The number of amidine groups is 1. The fraction of sp³-hybridized carbons (Fsp3) is 0.400. The summed E-state index contributed by atoms with van der Waals surface area (Å²) in [6, 6.07) is 5.83. The van der Waals surface area contributed by atoms with E-state index < -0.39 is 22.5 Å². The van der Waals surface area contributed by atoms with E-state index in [-0.39, 0.29) is 13.1 Å². The van der Waals surface area contributed by atoms with Gasteiger partial charge >= 0.3 is 6.18 Å². The highest BCUT2D eigenvalue weighted by Crippen LogP contribution is 2.44. The Morgan fingerprint density at radius 1 is 1.23 bits per heavy atom. The molecule has 0 bridgehead atoms. The molecular formula is C20H22ClF3N4O2. The van der Waals surface area contributed by atoms with E-state index in [0.717, 1.165) is 6.07 Å². The van der Waals surface area contributed by atoms with Gasteiger partial charge in [0.05, 0.1) is 46.4 Å². The maximum atomic E-state index is 13.4. The topological polar surface area (TPSA) is 59.0 Å². The maximum Gasteiger partial charge on any atom is 0.417 e. The number of pyridine rings is 1. The molecule has 0 saturated carbocycles. The number of anilines is 3. The molecule has 0 saturated heterocycles. The standard InChI is InChI=1S/C20H22ClF3N4O2/c1-12-16(6-5-7-25-12)28-10-18(26-11-19(2,29-3)30-4)27-15-9-14(21)13(8-17(15)28)20(22,23)24/h5-9H,10-11H2,1-4H3,(H,26,27). The molecule has 30 heavy (non-hydrogen) atoms. The quantitative estimate of drug-likeness (QED) is 0.658. The Morgan fingerprint density at radius 2 is 1.93 bits per heavy atom. The van der Waals surface area contributed by atoms with E-state index in [0.29, 0.717) is 28.6 Å². The first kappa shape index (κ1) is 22.3. The summed E-state index contributed by atoms with van der Waals surface area (Å²) in [5, 5.41) is 2.69. The maximum absolute atomic E-state index is 13.4. The first-order valence-corrected chi connectivity index (χ1v) is 9.46. The van der Waals surface area contributed by atoms with Crippen molar-refractivity contribution < 1.29 is 22.6 Å². The fourth-order valence-electron chi connectivity index (χ4n) is 3.05. The van der Waals surface area contributed by atoms with E-state index >= 15 is 0 Å². The van der Waals surface area contributed by atoms with Gasteiger partial charge in [0.15, 0.2) is 5.79 Å². The average Bonchev–Trinajstić information content (AvgIpc) is 2.70. The number of benzene rings is 1. The Labute approximate surface area is 177 Å². The van der Waals surface area contributed by atoms with Crippen LogP contribution < -0.4 is 10.2 Å². The minimum atomic E-state index is -4.57. The summed E-state index contributed by atoms with van der Waals surface area (Å²) in [6.07, 6.45) is -2.95. The Hall–Kier alpha value is -2.36. The van der Waals surface area contributed by atoms with Crippen LogP contribution in [0.4, 0.5) is 30.2 Å². The van der Waals surface area contributed by atoms with Gasteiger partial charge in [0.1, 0.15) is 5.84 Å². The predicted molar refractivity (Wildman–Crippen MR) is 111 cm³/mol. The molecule has 0 radical (unpaired) electrons. The number of aromatic nitrogens is 1. The minimum Gasteiger partial charge on any atom is -0.352 e. The third-order valence-corrected chi connectivity index (χ3v) is 5.27. The lowest BCUT2D eigenvalue weighted by atomic mass is 10.1. The number of fused-ring (bicyclic) bond motifs is 1. The van der Waals surface area contributed by atoms with Crippen molar-refractivity contribution in [2.75, 3.05) is 37.5 Å². The Kier molecular flexibility index (Phi) is 6.26. The number of hydrogen-bond donors (Lipinski definition) is 1. The lowest BCUT2D eigenvalue weighted by Crippen LogP contribution is -2.39. The molecule has 0 amide bonds. The van der Waals surface area contributed by atoms with Crippen molar-refractivity contribution in [3.8, 4) is 0 Å². The number of nitrogens with one attached hydrogen (secondary N) is 1. The van der Waals surface area contributed by atoms with Crippen molar-refractivity contribution in [2.24, 2.45) is 4.99 Å². The molecule has 6 nitrogen and oxygen atoms in total. The average molecular weight is 443 g/mol. The van der Waals surface area contributed by atoms with Gasteiger partial charge in [-0.1, -0.05) is 11.6 Å². The molecule has 0 fully saturated rings. The summed E-state index contributed by atoms with van der Waals surface area (Å²) in [4.78, 5) is 10.5. The molecule has 2 aromatic rings. The second-order valence-electron chi connectivity index (χ2n) is 6.97. The number of alkyl halides is 3. The molecule has 162 valence electrons. The van der Waals surface area contributed by atoms with Gasteiger partial charge in [-0.15, -0.1) is 0 Å². The molecule has 0 aliphatic carbocycles. The summed E-state index contributed by atoms with van der Waals surface area (Å²) >= 11 is 5.94. The van der Waals surface area contributed by atoms with Crippen LogP contribution in [0.3, 0.4) is 0 Å². The highest BCUT2D eigenvalue weighted by molar-refractivity contribution is 6.32. The third kappa shape index (κ3) is 4.53. The van der Waals surface area contributed by atoms with Crippen LogP contribution in [-0.4, -0.2) is 43.9 Å². The fourth-order valence-corrected chi connectivity index (χ4v) is 3.32. The zero-order valence-corrected chi connectivity index (χ0v) is 17.7. The van der Waals surface area contributed by atoms with Gasteiger partial charge in [-0.2, -0.15) is 13.2 Å². The van der Waals surface area contributed by atoms with Crippen molar-refractivity contribution in [1.29, 1.82) is 0 Å². The number of rotatable bonds is 5. The molecule has 2 heterocycles. The van der Waals surface area contributed by atoms with Crippen LogP contribution in [0.1, 0.15) is 18.2 Å². The van der Waals surface area contributed by atoms with Crippen molar-refractivity contribution >= 4 is 34.5 Å². The van der Waals surface area contributed by atoms with Gasteiger partial charge in [-0.3, -0.25) is 9.98 Å². The zero-order valence-electron chi connectivity index (χ0n) is 17.0. The summed E-state index contributed by atoms with van der Waals surface area (Å²) in [7, 11) is 3.02. The second kappa shape index (κ2) is 8.41. The molecule has 1 N–H and O–H groups in total. The van der Waals surface area contributed by atoms with Crippen LogP contribution in [-0.2, 0) is 15.7 Å². The molecule has 1 aromatic carbocycles. The zero-order chi connectivity index (χ0) is 22.1. The molecule has 0 spiro atoms. The molecule has 3 rings (SSSR count). The largest absolute Gasteiger partial charge is 0.417 e. The van der Waals surface area contributed by atoms with Crippen LogP contribution in [0.5, 0.6) is 0 Å². The van der Waals surface area contributed by atoms with Crippen LogP contribution in [0.2, 0.25) is 5.02 Å². The van der Waals surface area contributed by atoms with Gasteiger partial charge in [0, 0.05) is 20.4 Å². The molecule has 0 atom stereocenters. The monoisotopic (exact) mass is 442 g/mol. The Balaban J connectivity index is 2.10. The normalized spacial score (nSPS) is 15.9. The number of aryl methyl sites for hydroxylation is 1. The number of aliphatic imine (C=N–C) groups is 1. The number of halogens is 4. The van der Waals surface area contributed by atoms with Crippen molar-refractivity contribution in [3.05, 3.63) is 46.7 Å². The SMILES string of the molecule is COC(C)(CN=C1CN(c2cccnc2C)c2cc(C(F)(F)F)c(Cl)cc2N1)OC. The van der Waals surface area contributed by atoms with E-state index in [1.54, 1.807) is 37.1 Å². The number of hydrogen-bond acceptors (Lipinski definition) is 5. The lowest BCUT2D eigenvalue weighted by Gasteiger charge is -2.35. The highest BCUT2D eigenvalue weighted by atomic mass is 35.5. The van der Waals surface area contributed by atoms with E-state index in [9.17, 15) is 13.2 Å². The van der Waals surface area contributed by atoms with E-state index in [4.69, 9.17) is 21.1 Å². The van der Waals surface area contributed by atoms with Gasteiger partial charge in [-0.05, 0) is 38.1 Å². The van der Waals surface area contributed by atoms with Gasteiger partial charge in [-0.25, -0.2) is 0 Å². The number of nitrogens with zero attached hydrogens (tertiary/aromatic N) is 3. The van der Waals surface area contributed by atoms with Crippen molar-refractivity contribution in [2.45, 2.75) is 25.8 Å². The first-order valence-electron chi connectivity index (χ1n) is 9.08. The first-order chi connectivity index (χ1) is 14.1.